The molecule has 14 heavy (non-hydrogen) atoms. The summed E-state index contributed by atoms with van der Waals surface area (Å²) in [6.07, 6.45) is -1.22. The van der Waals surface area contributed by atoms with Gasteiger partial charge in [-0.3, -0.25) is 4.79 Å². The molecule has 1 heterocycles. The molecule has 1 saturated heterocycles. The first-order valence-electron chi connectivity index (χ1n) is 4.56. The molecule has 0 spiro atoms. The molecule has 1 aliphatic heterocycles. The van der Waals surface area contributed by atoms with E-state index in [1.54, 1.807) is 20.8 Å². The molecule has 3 unspecified atom stereocenters. The lowest BCUT2D eigenvalue weighted by molar-refractivity contribution is -0.175. The Balaban J connectivity index is 2.66. The molecule has 0 amide bonds. The number of rotatable bonds is 3. The number of carbonyl (C=O) groups excluding carboxylic acids is 1. The molecule has 1 aliphatic rings. The number of esters is 1. The van der Waals surface area contributed by atoms with Crippen LogP contribution in [-0.2, 0) is 14.3 Å². The molecule has 1 rings (SSSR count). The molecule has 1 fully saturated rings. The summed E-state index contributed by atoms with van der Waals surface area (Å²) in [5.41, 5.74) is -0.243. The fourth-order valence-electron chi connectivity index (χ4n) is 1.29. The summed E-state index contributed by atoms with van der Waals surface area (Å²) in [6.45, 7) is 8.73. The van der Waals surface area contributed by atoms with Crippen molar-refractivity contribution in [2.24, 2.45) is 0 Å². The van der Waals surface area contributed by atoms with Crippen LogP contribution in [0.3, 0.4) is 0 Å². The predicted molar refractivity (Wildman–Crippen MR) is 50.5 cm³/mol. The van der Waals surface area contributed by atoms with E-state index < -0.39 is 11.9 Å². The molecule has 1 N–H and O–H groups in total. The van der Waals surface area contributed by atoms with Gasteiger partial charge in [-0.05, 0) is 26.3 Å². The van der Waals surface area contributed by atoms with Crippen LogP contribution in [0.25, 0.3) is 0 Å². The minimum absolute atomic E-state index is 0.165. The first-order chi connectivity index (χ1) is 6.35. The average molecular weight is 200 g/mol. The maximum atomic E-state index is 11.0. The lowest BCUT2D eigenvalue weighted by atomic mass is 9.99. The quantitative estimate of drug-likeness (QED) is 0.419. The van der Waals surface area contributed by atoms with Gasteiger partial charge in [0.25, 0.3) is 0 Å². The number of hydrogen-bond donors (Lipinski definition) is 1. The number of carbonyl (C=O) groups is 1. The number of aliphatic hydroxyl groups is 1. The van der Waals surface area contributed by atoms with E-state index in [9.17, 15) is 9.90 Å². The van der Waals surface area contributed by atoms with Gasteiger partial charge in [0, 0.05) is 0 Å². The fraction of sp³-hybridized carbons (Fsp3) is 0.700. The lowest BCUT2D eigenvalue weighted by Gasteiger charge is -2.29. The van der Waals surface area contributed by atoms with E-state index in [0.717, 1.165) is 0 Å². The van der Waals surface area contributed by atoms with Crippen LogP contribution in [-0.4, -0.2) is 29.1 Å². The van der Waals surface area contributed by atoms with Crippen LogP contribution in [0.4, 0.5) is 0 Å². The van der Waals surface area contributed by atoms with Gasteiger partial charge in [-0.2, -0.15) is 0 Å². The van der Waals surface area contributed by atoms with Gasteiger partial charge in [-0.1, -0.05) is 6.58 Å². The molecule has 0 aromatic carbocycles. The zero-order valence-corrected chi connectivity index (χ0v) is 8.74. The highest BCUT2D eigenvalue weighted by atomic mass is 16.6. The molecule has 0 radical (unpaired) electrons. The van der Waals surface area contributed by atoms with Crippen molar-refractivity contribution in [3.63, 3.8) is 0 Å². The Morgan fingerprint density at radius 1 is 1.86 bits per heavy atom. The summed E-state index contributed by atoms with van der Waals surface area (Å²) >= 11 is 0. The monoisotopic (exact) mass is 200 g/mol. The van der Waals surface area contributed by atoms with Gasteiger partial charge in [-0.15, -0.1) is 0 Å². The summed E-state index contributed by atoms with van der Waals surface area (Å²) in [6, 6.07) is 0. The standard InChI is InChI=1S/C10H16O4/c1-6(2)9(12)14-10(4)5-8(11)13-7(10)3/h7,9,12H,1,5H2,2-4H3. The van der Waals surface area contributed by atoms with E-state index in [2.05, 4.69) is 6.58 Å². The van der Waals surface area contributed by atoms with E-state index in [1.165, 1.54) is 0 Å². The third kappa shape index (κ3) is 2.13. The van der Waals surface area contributed by atoms with Crippen LogP contribution in [0.15, 0.2) is 12.2 Å². The van der Waals surface area contributed by atoms with Crippen LogP contribution in [0.5, 0.6) is 0 Å². The Hall–Kier alpha value is -0.870. The second kappa shape index (κ2) is 3.71. The topological polar surface area (TPSA) is 55.8 Å². The minimum Gasteiger partial charge on any atom is -0.459 e. The summed E-state index contributed by atoms with van der Waals surface area (Å²) in [5, 5.41) is 9.47. The first-order valence-corrected chi connectivity index (χ1v) is 4.56. The van der Waals surface area contributed by atoms with Crippen molar-refractivity contribution in [2.75, 3.05) is 0 Å². The van der Waals surface area contributed by atoms with Gasteiger partial charge in [0.15, 0.2) is 6.29 Å². The van der Waals surface area contributed by atoms with E-state index in [4.69, 9.17) is 9.47 Å². The number of hydrogen-bond acceptors (Lipinski definition) is 4. The zero-order valence-electron chi connectivity index (χ0n) is 8.74. The zero-order chi connectivity index (χ0) is 10.9. The summed E-state index contributed by atoms with van der Waals surface area (Å²) in [5.74, 6) is -0.297. The summed E-state index contributed by atoms with van der Waals surface area (Å²) in [7, 11) is 0. The van der Waals surface area contributed by atoms with Crippen molar-refractivity contribution >= 4 is 5.97 Å². The van der Waals surface area contributed by atoms with Gasteiger partial charge in [-0.25, -0.2) is 0 Å². The molecule has 0 aliphatic carbocycles. The van der Waals surface area contributed by atoms with Gasteiger partial charge in [0.1, 0.15) is 11.7 Å². The maximum Gasteiger partial charge on any atom is 0.309 e. The van der Waals surface area contributed by atoms with Gasteiger partial charge in [0.05, 0.1) is 6.42 Å². The van der Waals surface area contributed by atoms with Crippen LogP contribution in [0.1, 0.15) is 27.2 Å². The molecule has 0 aromatic heterocycles. The van der Waals surface area contributed by atoms with Gasteiger partial charge in [0.2, 0.25) is 0 Å². The Labute approximate surface area is 83.5 Å². The highest BCUT2D eigenvalue weighted by Gasteiger charge is 2.45. The van der Waals surface area contributed by atoms with Crippen molar-refractivity contribution in [2.45, 2.75) is 45.2 Å². The normalized spacial score (nSPS) is 34.0. The van der Waals surface area contributed by atoms with Gasteiger partial charge < -0.3 is 14.6 Å². The molecule has 4 nitrogen and oxygen atoms in total. The number of cyclic esters (lactones) is 1. The van der Waals surface area contributed by atoms with E-state index in [1.807, 2.05) is 0 Å². The third-order valence-corrected chi connectivity index (χ3v) is 2.47. The van der Waals surface area contributed by atoms with Crippen LogP contribution >= 0.6 is 0 Å². The summed E-state index contributed by atoms with van der Waals surface area (Å²) < 4.78 is 10.3. The largest absolute Gasteiger partial charge is 0.459 e. The Morgan fingerprint density at radius 3 is 2.79 bits per heavy atom. The van der Waals surface area contributed by atoms with Crippen molar-refractivity contribution in [3.8, 4) is 0 Å². The number of ether oxygens (including phenoxy) is 2. The smallest absolute Gasteiger partial charge is 0.309 e. The van der Waals surface area contributed by atoms with Crippen molar-refractivity contribution in [1.82, 2.24) is 0 Å². The molecule has 4 heteroatoms. The molecule has 0 saturated carbocycles. The molecule has 3 atom stereocenters. The van der Waals surface area contributed by atoms with E-state index in [-0.39, 0.29) is 18.5 Å². The molecule has 0 bridgehead atoms. The van der Waals surface area contributed by atoms with Crippen LogP contribution < -0.4 is 0 Å². The first kappa shape index (κ1) is 11.2. The maximum absolute atomic E-state index is 11.0. The second-order valence-electron chi connectivity index (χ2n) is 3.94. The molecular formula is C10H16O4. The van der Waals surface area contributed by atoms with Crippen molar-refractivity contribution in [1.29, 1.82) is 0 Å². The van der Waals surface area contributed by atoms with E-state index in [0.29, 0.717) is 5.57 Å². The predicted octanol–water partition coefficient (Wildman–Crippen LogP) is 0.992. The highest BCUT2D eigenvalue weighted by molar-refractivity contribution is 5.73. The van der Waals surface area contributed by atoms with Crippen molar-refractivity contribution in [3.05, 3.63) is 12.2 Å². The molecule has 0 aromatic rings. The number of aliphatic hydroxyl groups excluding tert-OH is 1. The molecule has 80 valence electrons. The van der Waals surface area contributed by atoms with Crippen LogP contribution in [0.2, 0.25) is 0 Å². The Morgan fingerprint density at radius 2 is 2.43 bits per heavy atom. The highest BCUT2D eigenvalue weighted by Crippen LogP contribution is 2.31. The second-order valence-corrected chi connectivity index (χ2v) is 3.94. The Kier molecular flexibility index (Phi) is 2.97. The van der Waals surface area contributed by atoms with E-state index >= 15 is 0 Å². The fourth-order valence-corrected chi connectivity index (χ4v) is 1.29. The molecular weight excluding hydrogens is 184 g/mol. The van der Waals surface area contributed by atoms with Crippen LogP contribution in [0, 0.1) is 0 Å². The third-order valence-electron chi connectivity index (χ3n) is 2.47. The minimum atomic E-state index is -1.04. The SMILES string of the molecule is C=C(C)C(O)OC1(C)CC(=O)OC1C. The van der Waals surface area contributed by atoms with Crippen molar-refractivity contribution < 1.29 is 19.4 Å². The summed E-state index contributed by atoms with van der Waals surface area (Å²) in [4.78, 5) is 11.0. The Bertz CT molecular complexity index is 261. The lowest BCUT2D eigenvalue weighted by Crippen LogP contribution is -2.40. The van der Waals surface area contributed by atoms with Gasteiger partial charge >= 0.3 is 5.97 Å². The average Bonchev–Trinajstić information content (AvgIpc) is 2.25.